The van der Waals surface area contributed by atoms with Gasteiger partial charge in [-0.2, -0.15) is 0 Å². The number of anilines is 3. The molecule has 1 spiro atoms. The van der Waals surface area contributed by atoms with E-state index < -0.39 is 5.41 Å². The molecule has 0 fully saturated rings. The fourth-order valence-corrected chi connectivity index (χ4v) is 9.36. The van der Waals surface area contributed by atoms with Crippen molar-refractivity contribution < 1.29 is 4.74 Å². The molecule has 8 aromatic rings. The van der Waals surface area contributed by atoms with E-state index in [1.807, 2.05) is 11.8 Å². The van der Waals surface area contributed by atoms with E-state index in [0.29, 0.717) is 0 Å². The summed E-state index contributed by atoms with van der Waals surface area (Å²) in [5, 5.41) is 0. The van der Waals surface area contributed by atoms with Crippen molar-refractivity contribution in [2.75, 3.05) is 4.90 Å². The first-order valence-electron chi connectivity index (χ1n) is 17.7. The predicted octanol–water partition coefficient (Wildman–Crippen LogP) is 13.4. The SMILES string of the molecule is c1ccc(-c2ccc(N(c3ccccc3)c3ccc4c(c3)Oc3ccccc3C43c4ccccc4Sc4ccccc43)cc2-c2ccccc2)cc1. The maximum Gasteiger partial charge on any atom is 0.134 e. The third kappa shape index (κ3) is 4.81. The Bertz CT molecular complexity index is 2520. The minimum atomic E-state index is -0.531. The Balaban J connectivity index is 1.20. The van der Waals surface area contributed by atoms with E-state index in [-0.39, 0.29) is 0 Å². The second kappa shape index (κ2) is 12.5. The lowest BCUT2D eigenvalue weighted by atomic mass is 9.63. The van der Waals surface area contributed by atoms with Crippen LogP contribution in [0.2, 0.25) is 0 Å². The molecule has 0 unspecified atom stereocenters. The van der Waals surface area contributed by atoms with Crippen molar-refractivity contribution in [2.24, 2.45) is 0 Å². The minimum Gasteiger partial charge on any atom is -0.457 e. The van der Waals surface area contributed by atoms with Gasteiger partial charge in [0.1, 0.15) is 11.5 Å². The van der Waals surface area contributed by atoms with Gasteiger partial charge in [-0.3, -0.25) is 0 Å². The quantitative estimate of drug-likeness (QED) is 0.179. The summed E-state index contributed by atoms with van der Waals surface area (Å²) in [6.45, 7) is 0. The van der Waals surface area contributed by atoms with Crippen LogP contribution in [0.25, 0.3) is 22.3 Å². The average Bonchev–Trinajstić information content (AvgIpc) is 3.22. The molecule has 0 saturated heterocycles. The Hall–Kier alpha value is -6.29. The molecule has 2 aliphatic rings. The summed E-state index contributed by atoms with van der Waals surface area (Å²) in [6.07, 6.45) is 0. The number of para-hydroxylation sites is 2. The first-order chi connectivity index (χ1) is 25.8. The monoisotopic (exact) mass is 683 g/mol. The summed E-state index contributed by atoms with van der Waals surface area (Å²) in [7, 11) is 0. The van der Waals surface area contributed by atoms with Crippen molar-refractivity contribution in [2.45, 2.75) is 15.2 Å². The van der Waals surface area contributed by atoms with E-state index in [9.17, 15) is 0 Å². The lowest BCUT2D eigenvalue weighted by Gasteiger charge is -2.45. The Morgan fingerprint density at radius 2 is 0.865 bits per heavy atom. The Kier molecular flexibility index (Phi) is 7.33. The maximum atomic E-state index is 6.93. The molecule has 0 aromatic heterocycles. The van der Waals surface area contributed by atoms with Gasteiger partial charge in [0.15, 0.2) is 0 Å². The third-order valence-electron chi connectivity index (χ3n) is 10.4. The molecule has 2 heterocycles. The number of fused-ring (bicyclic) bond motifs is 8. The molecule has 0 N–H and O–H groups in total. The topological polar surface area (TPSA) is 12.5 Å². The van der Waals surface area contributed by atoms with Gasteiger partial charge >= 0.3 is 0 Å². The largest absolute Gasteiger partial charge is 0.457 e. The number of hydrogen-bond donors (Lipinski definition) is 0. The van der Waals surface area contributed by atoms with E-state index in [1.54, 1.807) is 0 Å². The molecule has 52 heavy (non-hydrogen) atoms. The zero-order chi connectivity index (χ0) is 34.5. The van der Waals surface area contributed by atoms with Crippen molar-refractivity contribution in [1.82, 2.24) is 0 Å². The zero-order valence-corrected chi connectivity index (χ0v) is 29.1. The summed E-state index contributed by atoms with van der Waals surface area (Å²) in [6, 6.07) is 71.9. The highest BCUT2D eigenvalue weighted by molar-refractivity contribution is 7.99. The average molecular weight is 684 g/mol. The van der Waals surface area contributed by atoms with E-state index >= 15 is 0 Å². The predicted molar refractivity (Wildman–Crippen MR) is 215 cm³/mol. The van der Waals surface area contributed by atoms with Crippen LogP contribution < -0.4 is 9.64 Å². The van der Waals surface area contributed by atoms with Crippen LogP contribution in [0.3, 0.4) is 0 Å². The van der Waals surface area contributed by atoms with Crippen LogP contribution in [-0.4, -0.2) is 0 Å². The van der Waals surface area contributed by atoms with Gasteiger partial charge in [-0.15, -0.1) is 0 Å². The summed E-state index contributed by atoms with van der Waals surface area (Å²) in [5.74, 6) is 1.74. The van der Waals surface area contributed by atoms with Gasteiger partial charge in [0.05, 0.1) is 5.41 Å². The number of rotatable bonds is 5. The Morgan fingerprint density at radius 1 is 0.365 bits per heavy atom. The van der Waals surface area contributed by atoms with Gasteiger partial charge in [0, 0.05) is 44.0 Å². The Morgan fingerprint density at radius 3 is 1.54 bits per heavy atom. The summed E-state index contributed by atoms with van der Waals surface area (Å²) in [5.41, 5.74) is 12.3. The van der Waals surface area contributed by atoms with Crippen LogP contribution in [0.15, 0.2) is 210 Å². The van der Waals surface area contributed by atoms with Crippen molar-refractivity contribution in [3.8, 4) is 33.8 Å². The van der Waals surface area contributed by atoms with Gasteiger partial charge in [-0.1, -0.05) is 157 Å². The highest BCUT2D eigenvalue weighted by atomic mass is 32.2. The second-order valence-corrected chi connectivity index (χ2v) is 14.3. The van der Waals surface area contributed by atoms with Gasteiger partial charge < -0.3 is 9.64 Å². The Labute approximate surface area is 308 Å². The highest BCUT2D eigenvalue weighted by Gasteiger charge is 2.49. The number of benzene rings is 8. The molecule has 0 saturated carbocycles. The van der Waals surface area contributed by atoms with Gasteiger partial charge in [0.25, 0.3) is 0 Å². The van der Waals surface area contributed by atoms with Gasteiger partial charge in [0.2, 0.25) is 0 Å². The van der Waals surface area contributed by atoms with E-state index in [4.69, 9.17) is 4.74 Å². The summed E-state index contributed by atoms with van der Waals surface area (Å²) >= 11 is 1.85. The minimum absolute atomic E-state index is 0.531. The lowest BCUT2D eigenvalue weighted by molar-refractivity contribution is 0.431. The van der Waals surface area contributed by atoms with Gasteiger partial charge in [-0.05, 0) is 81.9 Å². The van der Waals surface area contributed by atoms with Crippen LogP contribution in [0.5, 0.6) is 11.5 Å². The standard InChI is InChI=1S/C49H33NOS/c1-4-16-34(17-5-1)39-30-28-37(32-40(39)35-18-6-2-7-19-35)50(36-20-8-3-9-21-36)38-29-31-42-46(33-38)51-45-25-13-10-22-41(45)49(42)43-23-11-14-26-47(43)52-48-27-15-12-24-44(48)49/h1-33H. The molecular weight excluding hydrogens is 651 g/mol. The van der Waals surface area contributed by atoms with E-state index in [0.717, 1.165) is 34.1 Å². The molecular formula is C49H33NOS. The van der Waals surface area contributed by atoms with Crippen molar-refractivity contribution >= 4 is 28.8 Å². The molecule has 0 amide bonds. The first-order valence-corrected chi connectivity index (χ1v) is 18.5. The smallest absolute Gasteiger partial charge is 0.134 e. The lowest BCUT2D eigenvalue weighted by Crippen LogP contribution is -2.36. The van der Waals surface area contributed by atoms with Crippen LogP contribution in [0.4, 0.5) is 17.1 Å². The molecule has 3 heteroatoms. The van der Waals surface area contributed by atoms with Crippen molar-refractivity contribution in [1.29, 1.82) is 0 Å². The molecule has 0 radical (unpaired) electrons. The molecule has 246 valence electrons. The number of hydrogen-bond acceptors (Lipinski definition) is 3. The molecule has 2 aliphatic heterocycles. The molecule has 0 aliphatic carbocycles. The van der Waals surface area contributed by atoms with E-state index in [1.165, 1.54) is 48.7 Å². The first kappa shape index (κ1) is 30.5. The fourth-order valence-electron chi connectivity index (χ4n) is 8.17. The van der Waals surface area contributed by atoms with Crippen LogP contribution >= 0.6 is 11.8 Å². The summed E-state index contributed by atoms with van der Waals surface area (Å²) < 4.78 is 6.93. The van der Waals surface area contributed by atoms with E-state index in [2.05, 4.69) is 205 Å². The number of nitrogens with zero attached hydrogens (tertiary/aromatic N) is 1. The zero-order valence-electron chi connectivity index (χ0n) is 28.3. The van der Waals surface area contributed by atoms with Crippen molar-refractivity contribution in [3.63, 3.8) is 0 Å². The van der Waals surface area contributed by atoms with Crippen LogP contribution in [0.1, 0.15) is 22.3 Å². The fraction of sp³-hybridized carbons (Fsp3) is 0.0204. The maximum absolute atomic E-state index is 6.93. The second-order valence-electron chi connectivity index (χ2n) is 13.3. The molecule has 0 bridgehead atoms. The highest BCUT2D eigenvalue weighted by Crippen LogP contribution is 2.62. The molecule has 10 rings (SSSR count). The molecule has 8 aromatic carbocycles. The third-order valence-corrected chi connectivity index (χ3v) is 11.5. The molecule has 2 nitrogen and oxygen atoms in total. The summed E-state index contributed by atoms with van der Waals surface area (Å²) in [4.78, 5) is 4.88. The van der Waals surface area contributed by atoms with Crippen LogP contribution in [-0.2, 0) is 5.41 Å². The van der Waals surface area contributed by atoms with Crippen molar-refractivity contribution in [3.05, 3.63) is 222 Å². The normalized spacial score (nSPS) is 13.2. The van der Waals surface area contributed by atoms with Crippen LogP contribution in [0, 0.1) is 0 Å². The number of ether oxygens (including phenoxy) is 1. The van der Waals surface area contributed by atoms with Gasteiger partial charge in [-0.25, -0.2) is 0 Å². The molecule has 0 atom stereocenters.